The Hall–Kier alpha value is -2.58. The zero-order chi connectivity index (χ0) is 19.8. The van der Waals surface area contributed by atoms with E-state index in [1.165, 1.54) is 18.2 Å². The van der Waals surface area contributed by atoms with Crippen LogP contribution in [0.25, 0.3) is 0 Å². The van der Waals surface area contributed by atoms with Gasteiger partial charge in [-0.05, 0) is 42.8 Å². The first-order valence-electron chi connectivity index (χ1n) is 8.02. The highest BCUT2D eigenvalue weighted by Crippen LogP contribution is 2.30. The first-order valence-corrected chi connectivity index (χ1v) is 10.3. The fourth-order valence-corrected chi connectivity index (χ4v) is 3.49. The predicted molar refractivity (Wildman–Crippen MR) is 101 cm³/mol. The summed E-state index contributed by atoms with van der Waals surface area (Å²) in [4.78, 5) is 24.0. The molecule has 1 heterocycles. The van der Waals surface area contributed by atoms with Crippen molar-refractivity contribution in [1.82, 2.24) is 5.32 Å². The quantitative estimate of drug-likeness (QED) is 0.809. The molecule has 1 unspecified atom stereocenters. The van der Waals surface area contributed by atoms with E-state index in [0.29, 0.717) is 11.4 Å². The van der Waals surface area contributed by atoms with Gasteiger partial charge in [0.15, 0.2) is 16.4 Å². The van der Waals surface area contributed by atoms with Gasteiger partial charge in [-0.3, -0.25) is 9.59 Å². The summed E-state index contributed by atoms with van der Waals surface area (Å²) in [6.07, 6.45) is 1.06. The summed E-state index contributed by atoms with van der Waals surface area (Å²) in [5.41, 5.74) is 1.34. The van der Waals surface area contributed by atoms with Crippen LogP contribution >= 0.6 is 11.6 Å². The van der Waals surface area contributed by atoms with Crippen molar-refractivity contribution >= 4 is 38.9 Å². The molecule has 3 rings (SSSR count). The maximum absolute atomic E-state index is 12.6. The third kappa shape index (κ3) is 4.23. The van der Waals surface area contributed by atoms with Crippen molar-refractivity contribution in [2.75, 3.05) is 18.2 Å². The van der Waals surface area contributed by atoms with Crippen LogP contribution in [0.4, 0.5) is 5.69 Å². The van der Waals surface area contributed by atoms with Gasteiger partial charge >= 0.3 is 0 Å². The summed E-state index contributed by atoms with van der Waals surface area (Å²) in [5.74, 6) is -0.197. The topological polar surface area (TPSA) is 102 Å². The van der Waals surface area contributed by atoms with Crippen LogP contribution in [0.15, 0.2) is 41.3 Å². The molecular formula is C18H17ClN2O5S. The van der Waals surface area contributed by atoms with E-state index in [1.54, 1.807) is 25.1 Å². The molecule has 0 aromatic heterocycles. The van der Waals surface area contributed by atoms with Crippen molar-refractivity contribution in [2.24, 2.45) is 0 Å². The summed E-state index contributed by atoms with van der Waals surface area (Å²) < 4.78 is 28.7. The Morgan fingerprint density at radius 3 is 2.70 bits per heavy atom. The van der Waals surface area contributed by atoms with Crippen molar-refractivity contribution in [3.63, 3.8) is 0 Å². The van der Waals surface area contributed by atoms with Gasteiger partial charge in [-0.15, -0.1) is 0 Å². The van der Waals surface area contributed by atoms with E-state index in [4.69, 9.17) is 16.3 Å². The number of sulfone groups is 1. The highest BCUT2D eigenvalue weighted by atomic mass is 35.5. The maximum atomic E-state index is 12.6. The molecule has 2 aromatic rings. The number of benzene rings is 2. The molecule has 0 radical (unpaired) electrons. The SMILES string of the molecule is CC(NC(=O)c1cc(S(C)(=O)=O)ccc1Cl)c1ccc2c(c1)NC(=O)CO2. The highest BCUT2D eigenvalue weighted by molar-refractivity contribution is 7.90. The first kappa shape index (κ1) is 19.2. The minimum absolute atomic E-state index is 0.0124. The lowest BCUT2D eigenvalue weighted by molar-refractivity contribution is -0.118. The molecule has 1 aliphatic rings. The van der Waals surface area contributed by atoms with Crippen molar-refractivity contribution in [3.8, 4) is 5.75 Å². The lowest BCUT2D eigenvalue weighted by Crippen LogP contribution is -2.28. The zero-order valence-electron chi connectivity index (χ0n) is 14.6. The number of nitrogens with one attached hydrogen (secondary N) is 2. The number of carbonyl (C=O) groups excluding carboxylic acids is 2. The summed E-state index contributed by atoms with van der Waals surface area (Å²) >= 11 is 6.06. The summed E-state index contributed by atoms with van der Waals surface area (Å²) in [5, 5.41) is 5.64. The number of amides is 2. The average molecular weight is 409 g/mol. The van der Waals surface area contributed by atoms with Crippen LogP contribution in [0.2, 0.25) is 5.02 Å². The summed E-state index contributed by atoms with van der Waals surface area (Å²) in [7, 11) is -3.46. The molecule has 0 aliphatic carbocycles. The van der Waals surface area contributed by atoms with Gasteiger partial charge in [0.1, 0.15) is 5.75 Å². The largest absolute Gasteiger partial charge is 0.482 e. The second-order valence-electron chi connectivity index (χ2n) is 6.20. The van der Waals surface area contributed by atoms with Gasteiger partial charge in [0.25, 0.3) is 11.8 Å². The standard InChI is InChI=1S/C18H17ClN2O5S/c1-10(11-3-6-16-15(7-11)21-17(22)9-26-16)20-18(23)13-8-12(27(2,24)25)4-5-14(13)19/h3-8,10H,9H2,1-2H3,(H,20,23)(H,21,22). The van der Waals surface area contributed by atoms with Gasteiger partial charge in [-0.2, -0.15) is 0 Å². The zero-order valence-corrected chi connectivity index (χ0v) is 16.1. The fraction of sp³-hybridized carbons (Fsp3) is 0.222. The molecule has 0 saturated carbocycles. The van der Waals surface area contributed by atoms with E-state index >= 15 is 0 Å². The lowest BCUT2D eigenvalue weighted by atomic mass is 10.1. The third-order valence-corrected chi connectivity index (χ3v) is 5.53. The molecule has 142 valence electrons. The predicted octanol–water partition coefficient (Wildman–Crippen LogP) is 2.57. The van der Waals surface area contributed by atoms with Crippen LogP contribution in [0, 0.1) is 0 Å². The molecule has 2 N–H and O–H groups in total. The molecule has 1 atom stereocenters. The Labute approximate surface area is 161 Å². The molecule has 2 amide bonds. The number of hydrogen-bond acceptors (Lipinski definition) is 5. The Morgan fingerprint density at radius 2 is 2.00 bits per heavy atom. The minimum Gasteiger partial charge on any atom is -0.482 e. The molecule has 1 aliphatic heterocycles. The van der Waals surface area contributed by atoms with Crippen molar-refractivity contribution < 1.29 is 22.7 Å². The second-order valence-corrected chi connectivity index (χ2v) is 8.62. The van der Waals surface area contributed by atoms with E-state index < -0.39 is 21.8 Å². The van der Waals surface area contributed by atoms with Gasteiger partial charge in [-0.1, -0.05) is 17.7 Å². The molecule has 0 bridgehead atoms. The van der Waals surface area contributed by atoms with Crippen LogP contribution in [0.5, 0.6) is 5.75 Å². The van der Waals surface area contributed by atoms with Crippen LogP contribution in [0.3, 0.4) is 0 Å². The Kier molecular flexibility index (Phi) is 5.12. The van der Waals surface area contributed by atoms with Crippen molar-refractivity contribution in [1.29, 1.82) is 0 Å². The number of rotatable bonds is 4. The molecular weight excluding hydrogens is 392 g/mol. The highest BCUT2D eigenvalue weighted by Gasteiger charge is 2.20. The van der Waals surface area contributed by atoms with Gasteiger partial charge < -0.3 is 15.4 Å². The number of anilines is 1. The number of hydrogen-bond donors (Lipinski definition) is 2. The molecule has 0 fully saturated rings. The molecule has 0 spiro atoms. The average Bonchev–Trinajstić information content (AvgIpc) is 2.60. The smallest absolute Gasteiger partial charge is 0.262 e. The molecule has 0 saturated heterocycles. The van der Waals surface area contributed by atoms with Crippen LogP contribution in [-0.4, -0.2) is 33.1 Å². The summed E-state index contributed by atoms with van der Waals surface area (Å²) in [6, 6.07) is 8.76. The Bertz CT molecular complexity index is 1040. The Morgan fingerprint density at radius 1 is 1.26 bits per heavy atom. The minimum atomic E-state index is -3.46. The van der Waals surface area contributed by atoms with E-state index in [9.17, 15) is 18.0 Å². The van der Waals surface area contributed by atoms with E-state index in [2.05, 4.69) is 10.6 Å². The molecule has 7 nitrogen and oxygen atoms in total. The number of carbonyl (C=O) groups is 2. The first-order chi connectivity index (χ1) is 12.6. The normalized spacial score (nSPS) is 14.6. The van der Waals surface area contributed by atoms with Crippen LogP contribution < -0.4 is 15.4 Å². The van der Waals surface area contributed by atoms with E-state index in [-0.39, 0.29) is 28.0 Å². The van der Waals surface area contributed by atoms with Gasteiger partial charge in [0.05, 0.1) is 27.2 Å². The number of fused-ring (bicyclic) bond motifs is 1. The van der Waals surface area contributed by atoms with Gasteiger partial charge in [0, 0.05) is 6.26 Å². The molecule has 2 aromatic carbocycles. The maximum Gasteiger partial charge on any atom is 0.262 e. The Balaban J connectivity index is 1.82. The van der Waals surface area contributed by atoms with E-state index in [1.807, 2.05) is 0 Å². The molecule has 27 heavy (non-hydrogen) atoms. The lowest BCUT2D eigenvalue weighted by Gasteiger charge is -2.21. The summed E-state index contributed by atoms with van der Waals surface area (Å²) in [6.45, 7) is 1.73. The second kappa shape index (κ2) is 7.21. The van der Waals surface area contributed by atoms with Crippen LogP contribution in [0.1, 0.15) is 28.9 Å². The van der Waals surface area contributed by atoms with Crippen LogP contribution in [-0.2, 0) is 14.6 Å². The molecule has 9 heteroatoms. The van der Waals surface area contributed by atoms with Crippen molar-refractivity contribution in [2.45, 2.75) is 17.9 Å². The monoisotopic (exact) mass is 408 g/mol. The van der Waals surface area contributed by atoms with Gasteiger partial charge in [-0.25, -0.2) is 8.42 Å². The van der Waals surface area contributed by atoms with Crippen molar-refractivity contribution in [3.05, 3.63) is 52.5 Å². The third-order valence-electron chi connectivity index (χ3n) is 4.09. The van der Waals surface area contributed by atoms with E-state index in [0.717, 1.165) is 11.8 Å². The van der Waals surface area contributed by atoms with Gasteiger partial charge in [0.2, 0.25) is 0 Å². The number of halogens is 1. The number of ether oxygens (including phenoxy) is 1. The fourth-order valence-electron chi connectivity index (χ4n) is 2.64.